The van der Waals surface area contributed by atoms with Gasteiger partial charge in [0, 0.05) is 0 Å². The van der Waals surface area contributed by atoms with E-state index in [-0.39, 0.29) is 11.9 Å². The monoisotopic (exact) mass is 208 g/mol. The maximum Gasteiger partial charge on any atom is 0.313 e. The summed E-state index contributed by atoms with van der Waals surface area (Å²) in [6, 6.07) is 0. The number of hydrogen-bond acceptors (Lipinski definition) is 2. The van der Waals surface area contributed by atoms with Gasteiger partial charge in [0.15, 0.2) is 0 Å². The molecular weight excluding hydrogens is 188 g/mol. The zero-order chi connectivity index (χ0) is 11.5. The predicted octanol–water partition coefficient (Wildman–Crippen LogP) is 3.24. The van der Waals surface area contributed by atoms with Crippen LogP contribution in [-0.4, -0.2) is 11.6 Å². The van der Waals surface area contributed by atoms with Gasteiger partial charge in [-0.15, -0.1) is 0 Å². The third kappa shape index (κ3) is 3.90. The molecule has 1 rings (SSSR count). The van der Waals surface area contributed by atoms with E-state index in [1.54, 1.807) is 0 Å². The van der Waals surface area contributed by atoms with Gasteiger partial charge in [0.1, 0.15) is 5.60 Å². The van der Waals surface area contributed by atoms with Gasteiger partial charge in [0.25, 0.3) is 0 Å². The van der Waals surface area contributed by atoms with Crippen LogP contribution in [0.2, 0.25) is 0 Å². The van der Waals surface area contributed by atoms with E-state index in [0.717, 1.165) is 18.4 Å². The summed E-state index contributed by atoms with van der Waals surface area (Å²) in [5.41, 5.74) is 0.681. The van der Waals surface area contributed by atoms with Crippen LogP contribution in [0.5, 0.6) is 0 Å². The number of esters is 1. The normalized spacial score (nSPS) is 18.3. The third-order valence-electron chi connectivity index (χ3n) is 2.28. The Hall–Kier alpha value is -1.05. The second-order valence-electron chi connectivity index (χ2n) is 4.94. The van der Waals surface area contributed by atoms with Crippen LogP contribution in [0.15, 0.2) is 23.8 Å². The number of ether oxygens (including phenoxy) is 1. The summed E-state index contributed by atoms with van der Waals surface area (Å²) in [6.07, 6.45) is 8.35. The average molecular weight is 208 g/mol. The lowest BCUT2D eigenvalue weighted by molar-refractivity contribution is -0.157. The molecular formula is C13H20O2. The molecule has 0 heterocycles. The lowest BCUT2D eigenvalue weighted by Gasteiger charge is -2.23. The molecule has 0 bridgehead atoms. The minimum Gasteiger partial charge on any atom is -0.460 e. The molecule has 0 aromatic rings. The molecule has 1 atom stereocenters. The molecule has 0 N–H and O–H groups in total. The number of carbonyl (C=O) groups is 1. The van der Waals surface area contributed by atoms with E-state index in [1.807, 2.05) is 33.8 Å². The van der Waals surface area contributed by atoms with E-state index < -0.39 is 5.60 Å². The van der Waals surface area contributed by atoms with Crippen LogP contribution >= 0.6 is 0 Å². The molecule has 2 nitrogen and oxygen atoms in total. The van der Waals surface area contributed by atoms with Crippen molar-refractivity contribution < 1.29 is 9.53 Å². The van der Waals surface area contributed by atoms with Crippen molar-refractivity contribution in [3.8, 4) is 0 Å². The van der Waals surface area contributed by atoms with Gasteiger partial charge in [-0.3, -0.25) is 4.79 Å². The first kappa shape index (κ1) is 12.0. The zero-order valence-electron chi connectivity index (χ0n) is 10.0. The van der Waals surface area contributed by atoms with Crippen LogP contribution in [0, 0.1) is 5.92 Å². The van der Waals surface area contributed by atoms with Crippen LogP contribution in [0.1, 0.15) is 40.5 Å². The average Bonchev–Trinajstić information content (AvgIpc) is 2.15. The van der Waals surface area contributed by atoms with E-state index in [4.69, 9.17) is 4.74 Å². The molecule has 0 aliphatic heterocycles. The minimum atomic E-state index is -0.399. The standard InChI is InChI=1S/C13H20O2/c1-10(11-8-6-5-7-9-11)12(14)15-13(2,3)4/h6,8-10H,5,7H2,1-4H3/t10-/m1/s1. The molecule has 15 heavy (non-hydrogen) atoms. The van der Waals surface area contributed by atoms with Crippen LogP contribution in [0.4, 0.5) is 0 Å². The van der Waals surface area contributed by atoms with Crippen molar-refractivity contribution in [2.75, 3.05) is 0 Å². The SMILES string of the molecule is C[C@@H](C(=O)OC(C)(C)C)C1=CCCC=C1. The molecule has 0 saturated carbocycles. The fourth-order valence-electron chi connectivity index (χ4n) is 1.48. The number of rotatable bonds is 2. The summed E-state index contributed by atoms with van der Waals surface area (Å²) < 4.78 is 5.34. The largest absolute Gasteiger partial charge is 0.460 e. The second-order valence-corrected chi connectivity index (χ2v) is 4.94. The highest BCUT2D eigenvalue weighted by Gasteiger charge is 2.23. The van der Waals surface area contributed by atoms with E-state index in [9.17, 15) is 4.79 Å². The summed E-state index contributed by atoms with van der Waals surface area (Å²) >= 11 is 0. The third-order valence-corrected chi connectivity index (χ3v) is 2.28. The highest BCUT2D eigenvalue weighted by molar-refractivity contribution is 5.76. The Morgan fingerprint density at radius 1 is 1.40 bits per heavy atom. The van der Waals surface area contributed by atoms with Gasteiger partial charge in [-0.1, -0.05) is 18.2 Å². The summed E-state index contributed by atoms with van der Waals surface area (Å²) in [5, 5.41) is 0. The number of allylic oxidation sites excluding steroid dienone is 3. The lowest BCUT2D eigenvalue weighted by atomic mass is 9.95. The van der Waals surface area contributed by atoms with Gasteiger partial charge in [0.2, 0.25) is 0 Å². The summed E-state index contributed by atoms with van der Waals surface area (Å²) in [5.74, 6) is -0.291. The fourth-order valence-corrected chi connectivity index (χ4v) is 1.48. The Bertz CT molecular complexity index is 292. The first-order chi connectivity index (χ1) is 6.90. The smallest absolute Gasteiger partial charge is 0.313 e. The molecule has 0 aromatic carbocycles. The quantitative estimate of drug-likeness (QED) is 0.651. The van der Waals surface area contributed by atoms with Crippen LogP contribution in [-0.2, 0) is 9.53 Å². The summed E-state index contributed by atoms with van der Waals surface area (Å²) in [4.78, 5) is 11.8. The molecule has 1 aliphatic rings. The molecule has 0 saturated heterocycles. The molecule has 2 heteroatoms. The van der Waals surface area contributed by atoms with E-state index in [1.165, 1.54) is 0 Å². The molecule has 0 aromatic heterocycles. The zero-order valence-corrected chi connectivity index (χ0v) is 10.0. The highest BCUT2D eigenvalue weighted by atomic mass is 16.6. The van der Waals surface area contributed by atoms with Crippen molar-refractivity contribution >= 4 is 5.97 Å². The van der Waals surface area contributed by atoms with Crippen LogP contribution < -0.4 is 0 Å². The molecule has 1 aliphatic carbocycles. The van der Waals surface area contributed by atoms with Crippen molar-refractivity contribution in [2.24, 2.45) is 5.92 Å². The Kier molecular flexibility index (Phi) is 3.72. The Balaban J connectivity index is 2.60. The first-order valence-corrected chi connectivity index (χ1v) is 5.49. The van der Waals surface area contributed by atoms with Gasteiger partial charge in [0.05, 0.1) is 5.92 Å². The molecule has 84 valence electrons. The van der Waals surface area contributed by atoms with E-state index in [2.05, 4.69) is 12.2 Å². The van der Waals surface area contributed by atoms with Gasteiger partial charge in [-0.05, 0) is 46.1 Å². The number of carbonyl (C=O) groups excluding carboxylic acids is 1. The summed E-state index contributed by atoms with van der Waals surface area (Å²) in [7, 11) is 0. The van der Waals surface area contributed by atoms with Gasteiger partial charge >= 0.3 is 5.97 Å². The fraction of sp³-hybridized carbons (Fsp3) is 0.615. The van der Waals surface area contributed by atoms with Gasteiger partial charge in [-0.25, -0.2) is 0 Å². The van der Waals surface area contributed by atoms with Gasteiger partial charge < -0.3 is 4.74 Å². The predicted molar refractivity (Wildman–Crippen MR) is 61.5 cm³/mol. The van der Waals surface area contributed by atoms with Gasteiger partial charge in [-0.2, -0.15) is 0 Å². The van der Waals surface area contributed by atoms with Crippen molar-refractivity contribution in [1.82, 2.24) is 0 Å². The molecule has 0 fully saturated rings. The van der Waals surface area contributed by atoms with Crippen LogP contribution in [0.3, 0.4) is 0 Å². The molecule has 0 radical (unpaired) electrons. The van der Waals surface area contributed by atoms with E-state index in [0.29, 0.717) is 0 Å². The maximum atomic E-state index is 11.8. The van der Waals surface area contributed by atoms with Crippen molar-refractivity contribution in [3.63, 3.8) is 0 Å². The first-order valence-electron chi connectivity index (χ1n) is 5.49. The van der Waals surface area contributed by atoms with Crippen molar-refractivity contribution in [1.29, 1.82) is 0 Å². The molecule has 0 unspecified atom stereocenters. The van der Waals surface area contributed by atoms with Crippen molar-refractivity contribution in [2.45, 2.75) is 46.1 Å². The minimum absolute atomic E-state index is 0.139. The Morgan fingerprint density at radius 3 is 2.53 bits per heavy atom. The molecule has 0 amide bonds. The Labute approximate surface area is 92.0 Å². The molecule has 0 spiro atoms. The second kappa shape index (κ2) is 4.65. The number of hydrogen-bond donors (Lipinski definition) is 0. The highest BCUT2D eigenvalue weighted by Crippen LogP contribution is 2.21. The lowest BCUT2D eigenvalue weighted by Crippen LogP contribution is -2.28. The van der Waals surface area contributed by atoms with Crippen LogP contribution in [0.25, 0.3) is 0 Å². The van der Waals surface area contributed by atoms with E-state index >= 15 is 0 Å². The van der Waals surface area contributed by atoms with Crippen molar-refractivity contribution in [3.05, 3.63) is 23.8 Å². The topological polar surface area (TPSA) is 26.3 Å². The Morgan fingerprint density at radius 2 is 2.07 bits per heavy atom. The maximum absolute atomic E-state index is 11.8. The summed E-state index contributed by atoms with van der Waals surface area (Å²) in [6.45, 7) is 7.57.